The average molecular weight is 566 g/mol. The van der Waals surface area contributed by atoms with E-state index in [-0.39, 0.29) is 0 Å². The molecule has 0 spiro atoms. The number of rotatable bonds is 5. The van der Waals surface area contributed by atoms with E-state index in [0.29, 0.717) is 0 Å². The first kappa shape index (κ1) is 29.1. The molecule has 6 rings (SSSR count). The molecule has 0 unspecified atom stereocenters. The van der Waals surface area contributed by atoms with Gasteiger partial charge >= 0.3 is 14.2 Å². The SMILES string of the molecule is COc1ccc2cc(B3OC(C)(C)C(C)(C)O3)ccc2c1-c1c(OC)ccc2cc(B3OC(C)(C)C(C)(C)O3)ccc12. The Bertz CT molecular complexity index is 1540. The third kappa shape index (κ3) is 4.51. The maximum Gasteiger partial charge on any atom is 0.494 e. The van der Waals surface area contributed by atoms with Gasteiger partial charge < -0.3 is 28.1 Å². The molecule has 0 amide bonds. The van der Waals surface area contributed by atoms with Crippen LogP contribution in [0.4, 0.5) is 0 Å². The Kier molecular flexibility index (Phi) is 6.74. The summed E-state index contributed by atoms with van der Waals surface area (Å²) in [5.74, 6) is 1.54. The van der Waals surface area contributed by atoms with Crippen molar-refractivity contribution in [1.82, 2.24) is 0 Å². The predicted octanol–water partition coefficient (Wildman–Crippen LogP) is 6.28. The molecule has 0 aromatic heterocycles. The second-order valence-electron chi connectivity index (χ2n) is 13.4. The van der Waals surface area contributed by atoms with E-state index < -0.39 is 36.6 Å². The summed E-state index contributed by atoms with van der Waals surface area (Å²) in [5.41, 5.74) is 2.27. The van der Waals surface area contributed by atoms with Gasteiger partial charge in [-0.15, -0.1) is 0 Å². The molecule has 0 bridgehead atoms. The van der Waals surface area contributed by atoms with Gasteiger partial charge in [0.15, 0.2) is 0 Å². The minimum atomic E-state index is -0.439. The third-order valence-corrected chi connectivity index (χ3v) is 9.75. The summed E-state index contributed by atoms with van der Waals surface area (Å²) in [6.07, 6.45) is 0. The van der Waals surface area contributed by atoms with Crippen molar-refractivity contribution in [3.05, 3.63) is 60.7 Å². The molecule has 2 fully saturated rings. The fourth-order valence-corrected chi connectivity index (χ4v) is 5.76. The second-order valence-corrected chi connectivity index (χ2v) is 13.4. The monoisotopic (exact) mass is 566 g/mol. The van der Waals surface area contributed by atoms with Crippen LogP contribution in [-0.2, 0) is 18.6 Å². The number of methoxy groups -OCH3 is 2. The molecule has 2 aliphatic heterocycles. The first-order chi connectivity index (χ1) is 19.7. The van der Waals surface area contributed by atoms with Gasteiger partial charge in [-0.25, -0.2) is 0 Å². The lowest BCUT2D eigenvalue weighted by atomic mass is 9.77. The van der Waals surface area contributed by atoms with Crippen LogP contribution in [0.5, 0.6) is 11.5 Å². The number of hydrogen-bond acceptors (Lipinski definition) is 6. The highest BCUT2D eigenvalue weighted by molar-refractivity contribution is 6.63. The van der Waals surface area contributed by atoms with Gasteiger partial charge in [0.25, 0.3) is 0 Å². The Labute approximate surface area is 249 Å². The Morgan fingerprint density at radius 3 is 1.12 bits per heavy atom. The quantitative estimate of drug-likeness (QED) is 0.266. The zero-order chi connectivity index (χ0) is 30.2. The van der Waals surface area contributed by atoms with Gasteiger partial charge in [0.1, 0.15) is 11.5 Å². The van der Waals surface area contributed by atoms with Crippen molar-refractivity contribution in [2.45, 2.75) is 77.8 Å². The van der Waals surface area contributed by atoms with Crippen LogP contribution in [0, 0.1) is 0 Å². The van der Waals surface area contributed by atoms with Crippen LogP contribution in [0.1, 0.15) is 55.4 Å². The van der Waals surface area contributed by atoms with Crippen molar-refractivity contribution < 1.29 is 28.1 Å². The van der Waals surface area contributed by atoms with Gasteiger partial charge in [0.2, 0.25) is 0 Å². The van der Waals surface area contributed by atoms with Crippen LogP contribution in [0.3, 0.4) is 0 Å². The smallest absolute Gasteiger partial charge is 0.494 e. The molecule has 4 aromatic carbocycles. The number of fused-ring (bicyclic) bond motifs is 2. The Hall–Kier alpha value is -3.03. The maximum absolute atomic E-state index is 6.34. The predicted molar refractivity (Wildman–Crippen MR) is 171 cm³/mol. The number of benzene rings is 4. The lowest BCUT2D eigenvalue weighted by Gasteiger charge is -2.32. The molecule has 6 nitrogen and oxygen atoms in total. The van der Waals surface area contributed by atoms with Crippen molar-refractivity contribution in [1.29, 1.82) is 0 Å². The summed E-state index contributed by atoms with van der Waals surface area (Å²) in [6, 6.07) is 20.9. The van der Waals surface area contributed by atoms with Gasteiger partial charge in [0.05, 0.1) is 36.6 Å². The summed E-state index contributed by atoms with van der Waals surface area (Å²) >= 11 is 0. The summed E-state index contributed by atoms with van der Waals surface area (Å²) < 4.78 is 37.3. The Morgan fingerprint density at radius 2 is 0.810 bits per heavy atom. The molecule has 218 valence electrons. The standard InChI is InChI=1S/C34H40B2O6/c1-31(2)32(3,4)40-35(39-31)23-13-15-25-21(19-23)11-17-27(37-9)29(25)30-26-16-14-24(20-22(26)12-18-28(30)38-10)36-41-33(5,6)34(7,8)42-36/h11-20H,1-10H3. The van der Waals surface area contributed by atoms with E-state index in [1.54, 1.807) is 14.2 Å². The molecule has 8 heteroatoms. The van der Waals surface area contributed by atoms with E-state index in [0.717, 1.165) is 55.1 Å². The molecule has 0 aliphatic carbocycles. The molecule has 2 saturated heterocycles. The fourth-order valence-electron chi connectivity index (χ4n) is 5.76. The summed E-state index contributed by atoms with van der Waals surface area (Å²) in [4.78, 5) is 0. The molecule has 2 heterocycles. The van der Waals surface area contributed by atoms with Gasteiger partial charge in [-0.3, -0.25) is 0 Å². The average Bonchev–Trinajstić information content (AvgIpc) is 3.30. The second kappa shape index (κ2) is 9.75. The van der Waals surface area contributed by atoms with Gasteiger partial charge in [-0.05, 0) is 100.0 Å². The summed E-state index contributed by atoms with van der Waals surface area (Å²) in [7, 11) is 2.53. The van der Waals surface area contributed by atoms with E-state index in [2.05, 4.69) is 104 Å². The third-order valence-electron chi connectivity index (χ3n) is 9.75. The number of ether oxygens (including phenoxy) is 2. The van der Waals surface area contributed by atoms with E-state index in [1.807, 2.05) is 12.1 Å². The van der Waals surface area contributed by atoms with Crippen molar-refractivity contribution in [2.24, 2.45) is 0 Å². The maximum atomic E-state index is 6.34. The van der Waals surface area contributed by atoms with Crippen molar-refractivity contribution >= 4 is 46.7 Å². The molecular formula is C34H40B2O6. The van der Waals surface area contributed by atoms with Gasteiger partial charge in [-0.2, -0.15) is 0 Å². The first-order valence-corrected chi connectivity index (χ1v) is 14.6. The molecule has 0 saturated carbocycles. The molecule has 0 atom stereocenters. The molecule has 0 radical (unpaired) electrons. The van der Waals surface area contributed by atoms with Crippen LogP contribution < -0.4 is 20.4 Å². The van der Waals surface area contributed by atoms with E-state index in [4.69, 9.17) is 28.1 Å². The van der Waals surface area contributed by atoms with Crippen LogP contribution in [-0.4, -0.2) is 50.9 Å². The highest BCUT2D eigenvalue weighted by Gasteiger charge is 2.52. The molecule has 2 aliphatic rings. The summed E-state index contributed by atoms with van der Waals surface area (Å²) in [5, 5.41) is 4.22. The fraction of sp³-hybridized carbons (Fsp3) is 0.412. The minimum absolute atomic E-state index is 0.410. The highest BCUT2D eigenvalue weighted by Crippen LogP contribution is 2.46. The molecule has 0 N–H and O–H groups in total. The van der Waals surface area contributed by atoms with Crippen LogP contribution in [0.25, 0.3) is 32.7 Å². The van der Waals surface area contributed by atoms with Gasteiger partial charge in [-0.1, -0.05) is 48.5 Å². The normalized spacial score (nSPS) is 20.4. The van der Waals surface area contributed by atoms with E-state index in [9.17, 15) is 0 Å². The lowest BCUT2D eigenvalue weighted by Crippen LogP contribution is -2.41. The van der Waals surface area contributed by atoms with Crippen LogP contribution in [0.2, 0.25) is 0 Å². The highest BCUT2D eigenvalue weighted by atomic mass is 16.7. The van der Waals surface area contributed by atoms with Gasteiger partial charge in [0, 0.05) is 11.1 Å². The molecular weight excluding hydrogens is 526 g/mol. The van der Waals surface area contributed by atoms with Crippen molar-refractivity contribution in [3.63, 3.8) is 0 Å². The number of hydrogen-bond donors (Lipinski definition) is 0. The Morgan fingerprint density at radius 1 is 0.476 bits per heavy atom. The van der Waals surface area contributed by atoms with Crippen molar-refractivity contribution in [3.8, 4) is 22.6 Å². The molecule has 42 heavy (non-hydrogen) atoms. The van der Waals surface area contributed by atoms with Crippen LogP contribution >= 0.6 is 0 Å². The lowest BCUT2D eigenvalue weighted by molar-refractivity contribution is 0.00578. The zero-order valence-corrected chi connectivity index (χ0v) is 26.4. The van der Waals surface area contributed by atoms with Crippen LogP contribution in [0.15, 0.2) is 60.7 Å². The van der Waals surface area contributed by atoms with E-state index in [1.165, 1.54) is 0 Å². The first-order valence-electron chi connectivity index (χ1n) is 14.6. The van der Waals surface area contributed by atoms with Crippen molar-refractivity contribution in [2.75, 3.05) is 14.2 Å². The zero-order valence-electron chi connectivity index (χ0n) is 26.4. The minimum Gasteiger partial charge on any atom is -0.496 e. The van der Waals surface area contributed by atoms with E-state index >= 15 is 0 Å². The topological polar surface area (TPSA) is 55.4 Å². The summed E-state index contributed by atoms with van der Waals surface area (Å²) in [6.45, 7) is 16.6. The molecule has 4 aromatic rings. The largest absolute Gasteiger partial charge is 0.496 e. The Balaban J connectivity index is 1.48.